The Hall–Kier alpha value is -2.36. The third-order valence-corrected chi connectivity index (χ3v) is 3.47. The first-order valence-electron chi connectivity index (χ1n) is 6.83. The lowest BCUT2D eigenvalue weighted by Crippen LogP contribution is -2.04. The van der Waals surface area contributed by atoms with Gasteiger partial charge in [0.25, 0.3) is 0 Å². The molecule has 0 unspecified atom stereocenters. The SMILES string of the molecule is CCn1c(COc2ccc(F)cc2)cc2ccc(F)cc21. The summed E-state index contributed by atoms with van der Waals surface area (Å²) in [7, 11) is 0. The van der Waals surface area contributed by atoms with E-state index in [4.69, 9.17) is 4.74 Å². The Kier molecular flexibility index (Phi) is 3.60. The topological polar surface area (TPSA) is 14.2 Å². The van der Waals surface area contributed by atoms with Crippen molar-refractivity contribution in [3.8, 4) is 5.75 Å². The van der Waals surface area contributed by atoms with Crippen LogP contribution < -0.4 is 4.74 Å². The first kappa shape index (κ1) is 13.6. The first-order chi connectivity index (χ1) is 10.2. The molecule has 0 saturated heterocycles. The molecule has 0 N–H and O–H groups in total. The number of nitrogens with zero attached hydrogens (tertiary/aromatic N) is 1. The smallest absolute Gasteiger partial charge is 0.128 e. The van der Waals surface area contributed by atoms with Crippen molar-refractivity contribution in [2.24, 2.45) is 0 Å². The number of hydrogen-bond acceptors (Lipinski definition) is 1. The fraction of sp³-hybridized carbons (Fsp3) is 0.176. The van der Waals surface area contributed by atoms with Gasteiger partial charge in [0, 0.05) is 11.9 Å². The predicted octanol–water partition coefficient (Wildman–Crippen LogP) is 4.52. The van der Waals surface area contributed by atoms with Crippen LogP contribution in [0.4, 0.5) is 8.78 Å². The third kappa shape index (κ3) is 2.75. The van der Waals surface area contributed by atoms with Gasteiger partial charge in [-0.05, 0) is 55.5 Å². The second-order valence-corrected chi connectivity index (χ2v) is 4.83. The number of halogens is 2. The standard InChI is InChI=1S/C17H15F2NO/c1-2-20-15(9-12-3-4-14(19)10-17(12)20)11-21-16-7-5-13(18)6-8-16/h3-10H,2,11H2,1H3. The molecule has 2 nitrogen and oxygen atoms in total. The molecule has 108 valence electrons. The minimum atomic E-state index is -0.291. The van der Waals surface area contributed by atoms with Crippen LogP contribution in [0.25, 0.3) is 10.9 Å². The van der Waals surface area contributed by atoms with Crippen LogP contribution in [0.15, 0.2) is 48.5 Å². The highest BCUT2D eigenvalue weighted by Gasteiger charge is 2.09. The molecule has 0 aliphatic carbocycles. The number of ether oxygens (including phenoxy) is 1. The lowest BCUT2D eigenvalue weighted by atomic mass is 10.2. The van der Waals surface area contributed by atoms with E-state index in [1.165, 1.54) is 24.3 Å². The summed E-state index contributed by atoms with van der Waals surface area (Å²) in [5.74, 6) is 0.0669. The van der Waals surface area contributed by atoms with Crippen molar-refractivity contribution in [2.75, 3.05) is 0 Å². The average Bonchev–Trinajstić information content (AvgIpc) is 2.83. The fourth-order valence-electron chi connectivity index (χ4n) is 2.47. The number of benzene rings is 2. The van der Waals surface area contributed by atoms with E-state index < -0.39 is 0 Å². The molecule has 0 aliphatic heterocycles. The van der Waals surface area contributed by atoms with Gasteiger partial charge < -0.3 is 9.30 Å². The third-order valence-electron chi connectivity index (χ3n) is 3.47. The van der Waals surface area contributed by atoms with Crippen LogP contribution in [0.5, 0.6) is 5.75 Å². The molecule has 4 heteroatoms. The van der Waals surface area contributed by atoms with Crippen molar-refractivity contribution in [3.63, 3.8) is 0 Å². The maximum atomic E-state index is 13.4. The number of aromatic nitrogens is 1. The first-order valence-corrected chi connectivity index (χ1v) is 6.83. The van der Waals surface area contributed by atoms with Crippen molar-refractivity contribution in [3.05, 3.63) is 65.9 Å². The van der Waals surface area contributed by atoms with Gasteiger partial charge in [0.2, 0.25) is 0 Å². The lowest BCUT2D eigenvalue weighted by molar-refractivity contribution is 0.295. The van der Waals surface area contributed by atoms with Gasteiger partial charge in [-0.3, -0.25) is 0 Å². The number of fused-ring (bicyclic) bond motifs is 1. The lowest BCUT2D eigenvalue weighted by Gasteiger charge is -2.09. The molecule has 0 bridgehead atoms. The fourth-order valence-corrected chi connectivity index (χ4v) is 2.47. The highest BCUT2D eigenvalue weighted by molar-refractivity contribution is 5.81. The molecular weight excluding hydrogens is 272 g/mol. The maximum absolute atomic E-state index is 13.4. The molecule has 2 aromatic carbocycles. The number of aryl methyl sites for hydroxylation is 1. The van der Waals surface area contributed by atoms with Crippen molar-refractivity contribution >= 4 is 10.9 Å². The van der Waals surface area contributed by atoms with E-state index in [0.29, 0.717) is 12.4 Å². The molecular formula is C17H15F2NO. The minimum Gasteiger partial charge on any atom is -0.487 e. The van der Waals surface area contributed by atoms with E-state index in [0.717, 1.165) is 23.1 Å². The van der Waals surface area contributed by atoms with Gasteiger partial charge in [-0.25, -0.2) is 8.78 Å². The second kappa shape index (κ2) is 5.56. The Bertz CT molecular complexity index is 762. The summed E-state index contributed by atoms with van der Waals surface area (Å²) < 4.78 is 33.9. The van der Waals surface area contributed by atoms with Gasteiger partial charge in [0.1, 0.15) is 24.0 Å². The molecule has 1 heterocycles. The van der Waals surface area contributed by atoms with Gasteiger partial charge >= 0.3 is 0 Å². The number of hydrogen-bond donors (Lipinski definition) is 0. The van der Waals surface area contributed by atoms with Crippen LogP contribution in [0.3, 0.4) is 0 Å². The van der Waals surface area contributed by atoms with E-state index in [-0.39, 0.29) is 11.6 Å². The summed E-state index contributed by atoms with van der Waals surface area (Å²) in [5.41, 5.74) is 1.82. The largest absolute Gasteiger partial charge is 0.487 e. The molecule has 21 heavy (non-hydrogen) atoms. The molecule has 0 amide bonds. The molecule has 3 aromatic rings. The van der Waals surface area contributed by atoms with Crippen LogP contribution in [-0.2, 0) is 13.2 Å². The Morgan fingerprint density at radius 3 is 2.38 bits per heavy atom. The zero-order chi connectivity index (χ0) is 14.8. The molecule has 0 aliphatic rings. The average molecular weight is 287 g/mol. The van der Waals surface area contributed by atoms with Crippen molar-refractivity contribution in [1.29, 1.82) is 0 Å². The van der Waals surface area contributed by atoms with Crippen molar-refractivity contribution in [2.45, 2.75) is 20.1 Å². The Morgan fingerprint density at radius 2 is 1.67 bits per heavy atom. The zero-order valence-corrected chi connectivity index (χ0v) is 11.6. The van der Waals surface area contributed by atoms with Crippen molar-refractivity contribution in [1.82, 2.24) is 4.57 Å². The Balaban J connectivity index is 1.88. The van der Waals surface area contributed by atoms with Gasteiger partial charge in [-0.1, -0.05) is 0 Å². The second-order valence-electron chi connectivity index (χ2n) is 4.83. The van der Waals surface area contributed by atoms with Gasteiger partial charge in [-0.2, -0.15) is 0 Å². The number of rotatable bonds is 4. The summed E-state index contributed by atoms with van der Waals surface area (Å²) >= 11 is 0. The molecule has 0 spiro atoms. The molecule has 0 saturated carbocycles. The van der Waals surface area contributed by atoms with E-state index >= 15 is 0 Å². The van der Waals surface area contributed by atoms with Gasteiger partial charge in [-0.15, -0.1) is 0 Å². The molecule has 3 rings (SSSR count). The Labute approximate surface area is 121 Å². The normalized spacial score (nSPS) is 11.0. The van der Waals surface area contributed by atoms with E-state index in [1.54, 1.807) is 18.2 Å². The Morgan fingerprint density at radius 1 is 0.952 bits per heavy atom. The monoisotopic (exact) mass is 287 g/mol. The van der Waals surface area contributed by atoms with Crippen LogP contribution in [0.1, 0.15) is 12.6 Å². The van der Waals surface area contributed by atoms with Crippen LogP contribution in [0.2, 0.25) is 0 Å². The van der Waals surface area contributed by atoms with Gasteiger partial charge in [0.05, 0.1) is 11.2 Å². The highest BCUT2D eigenvalue weighted by Crippen LogP contribution is 2.22. The highest BCUT2D eigenvalue weighted by atomic mass is 19.1. The van der Waals surface area contributed by atoms with E-state index in [1.807, 2.05) is 17.6 Å². The zero-order valence-electron chi connectivity index (χ0n) is 11.6. The van der Waals surface area contributed by atoms with E-state index in [2.05, 4.69) is 0 Å². The summed E-state index contributed by atoms with van der Waals surface area (Å²) in [6, 6.07) is 12.6. The van der Waals surface area contributed by atoms with E-state index in [9.17, 15) is 8.78 Å². The maximum Gasteiger partial charge on any atom is 0.128 e. The predicted molar refractivity (Wildman–Crippen MR) is 78.3 cm³/mol. The summed E-state index contributed by atoms with van der Waals surface area (Å²) in [4.78, 5) is 0. The molecule has 0 radical (unpaired) electrons. The molecule has 1 aromatic heterocycles. The van der Waals surface area contributed by atoms with Gasteiger partial charge in [0.15, 0.2) is 0 Å². The van der Waals surface area contributed by atoms with Crippen molar-refractivity contribution < 1.29 is 13.5 Å². The van der Waals surface area contributed by atoms with Crippen LogP contribution >= 0.6 is 0 Å². The van der Waals surface area contributed by atoms with Crippen LogP contribution in [-0.4, -0.2) is 4.57 Å². The summed E-state index contributed by atoms with van der Waals surface area (Å²) in [6.45, 7) is 3.09. The summed E-state index contributed by atoms with van der Waals surface area (Å²) in [5, 5.41) is 0.982. The minimum absolute atomic E-state index is 0.249. The molecule has 0 atom stereocenters. The molecule has 0 fully saturated rings. The summed E-state index contributed by atoms with van der Waals surface area (Å²) in [6.07, 6.45) is 0. The quantitative estimate of drug-likeness (QED) is 0.688. The van der Waals surface area contributed by atoms with Crippen LogP contribution in [0, 0.1) is 11.6 Å².